The monoisotopic (exact) mass is 276 g/mol. The highest BCUT2D eigenvalue weighted by atomic mass is 35.5. The van der Waals surface area contributed by atoms with Gasteiger partial charge in [0.25, 0.3) is 5.56 Å². The fraction of sp³-hybridized carbons (Fsp3) is 0.0833. The Labute approximate surface area is 112 Å². The van der Waals surface area contributed by atoms with E-state index in [1.807, 2.05) is 0 Å². The predicted molar refractivity (Wildman–Crippen MR) is 71.5 cm³/mol. The Morgan fingerprint density at radius 3 is 2.89 bits per heavy atom. The van der Waals surface area contributed by atoms with Crippen LogP contribution in [0.3, 0.4) is 0 Å². The molecule has 3 aromatic rings. The zero-order valence-electron chi connectivity index (χ0n) is 9.90. The standard InChI is InChI=1S/C12H9ClN4O2/c1-19-6-2-3-8-9(4-6)15-10(12(18)16-8)7-5-14-17-11(7)13/h2-5H,1H3,(H,14,17)(H,16,18). The lowest BCUT2D eigenvalue weighted by atomic mass is 10.2. The molecule has 0 fully saturated rings. The van der Waals surface area contributed by atoms with Crippen molar-refractivity contribution in [1.82, 2.24) is 20.2 Å². The molecule has 6 nitrogen and oxygen atoms in total. The number of benzene rings is 1. The van der Waals surface area contributed by atoms with Gasteiger partial charge < -0.3 is 9.72 Å². The van der Waals surface area contributed by atoms with Crippen LogP contribution in [0.4, 0.5) is 0 Å². The summed E-state index contributed by atoms with van der Waals surface area (Å²) in [5.74, 6) is 0.663. The van der Waals surface area contributed by atoms with Crippen LogP contribution in [-0.2, 0) is 0 Å². The average Bonchev–Trinajstić information content (AvgIpc) is 2.83. The fourth-order valence-electron chi connectivity index (χ4n) is 1.81. The van der Waals surface area contributed by atoms with Crippen LogP contribution < -0.4 is 10.3 Å². The number of halogens is 1. The lowest BCUT2D eigenvalue weighted by Gasteiger charge is -2.03. The van der Waals surface area contributed by atoms with E-state index in [9.17, 15) is 4.79 Å². The zero-order chi connectivity index (χ0) is 13.4. The van der Waals surface area contributed by atoms with Crippen LogP contribution >= 0.6 is 11.6 Å². The van der Waals surface area contributed by atoms with E-state index in [-0.39, 0.29) is 16.4 Å². The molecule has 3 rings (SSSR count). The van der Waals surface area contributed by atoms with Gasteiger partial charge in [0.1, 0.15) is 16.6 Å². The highest BCUT2D eigenvalue weighted by Crippen LogP contribution is 2.23. The smallest absolute Gasteiger partial charge is 0.275 e. The first-order chi connectivity index (χ1) is 9.19. The van der Waals surface area contributed by atoms with E-state index in [0.717, 1.165) is 0 Å². The molecule has 96 valence electrons. The molecular weight excluding hydrogens is 268 g/mol. The maximum absolute atomic E-state index is 12.0. The van der Waals surface area contributed by atoms with E-state index in [4.69, 9.17) is 16.3 Å². The van der Waals surface area contributed by atoms with Crippen molar-refractivity contribution in [2.75, 3.05) is 7.11 Å². The second-order valence-corrected chi connectivity index (χ2v) is 4.27. The molecule has 0 amide bonds. The van der Waals surface area contributed by atoms with Gasteiger partial charge in [0.05, 0.1) is 29.9 Å². The van der Waals surface area contributed by atoms with Crippen molar-refractivity contribution in [3.8, 4) is 17.0 Å². The molecule has 0 radical (unpaired) electrons. The van der Waals surface area contributed by atoms with Gasteiger partial charge in [-0.3, -0.25) is 9.89 Å². The summed E-state index contributed by atoms with van der Waals surface area (Å²) in [6, 6.07) is 5.23. The first-order valence-electron chi connectivity index (χ1n) is 5.46. The van der Waals surface area contributed by atoms with Gasteiger partial charge in [0.15, 0.2) is 0 Å². The summed E-state index contributed by atoms with van der Waals surface area (Å²) in [5, 5.41) is 6.62. The topological polar surface area (TPSA) is 83.7 Å². The van der Waals surface area contributed by atoms with E-state index < -0.39 is 0 Å². The van der Waals surface area contributed by atoms with Gasteiger partial charge in [-0.05, 0) is 12.1 Å². The quantitative estimate of drug-likeness (QED) is 0.749. The summed E-state index contributed by atoms with van der Waals surface area (Å²) in [5.41, 5.74) is 1.62. The van der Waals surface area contributed by atoms with Crippen LogP contribution in [0.2, 0.25) is 5.15 Å². The molecule has 19 heavy (non-hydrogen) atoms. The number of hydrogen-bond acceptors (Lipinski definition) is 4. The molecule has 0 saturated carbocycles. The van der Waals surface area contributed by atoms with Gasteiger partial charge in [-0.2, -0.15) is 5.10 Å². The SMILES string of the molecule is COc1ccc2[nH]c(=O)c(-c3cn[nH]c3Cl)nc2c1. The molecule has 0 aliphatic rings. The number of fused-ring (bicyclic) bond motifs is 1. The minimum atomic E-state index is -0.319. The maximum Gasteiger partial charge on any atom is 0.275 e. The van der Waals surface area contributed by atoms with Crippen molar-refractivity contribution in [2.24, 2.45) is 0 Å². The van der Waals surface area contributed by atoms with Crippen LogP contribution in [0, 0.1) is 0 Å². The first kappa shape index (κ1) is 11.7. The minimum Gasteiger partial charge on any atom is -0.497 e. The molecule has 0 bridgehead atoms. The van der Waals surface area contributed by atoms with Gasteiger partial charge in [-0.15, -0.1) is 0 Å². The van der Waals surface area contributed by atoms with Crippen LogP contribution in [0.1, 0.15) is 0 Å². The van der Waals surface area contributed by atoms with Gasteiger partial charge >= 0.3 is 0 Å². The van der Waals surface area contributed by atoms with Crippen LogP contribution in [-0.4, -0.2) is 27.3 Å². The molecule has 0 aliphatic carbocycles. The summed E-state index contributed by atoms with van der Waals surface area (Å²) in [6.07, 6.45) is 1.46. The Balaban J connectivity index is 2.29. The van der Waals surface area contributed by atoms with Crippen LogP contribution in [0.15, 0.2) is 29.2 Å². The number of aromatic nitrogens is 4. The highest BCUT2D eigenvalue weighted by molar-refractivity contribution is 6.32. The zero-order valence-corrected chi connectivity index (χ0v) is 10.7. The van der Waals surface area contributed by atoms with Crippen molar-refractivity contribution >= 4 is 22.6 Å². The van der Waals surface area contributed by atoms with Gasteiger partial charge in [-0.25, -0.2) is 4.98 Å². The Morgan fingerprint density at radius 1 is 1.37 bits per heavy atom. The third-order valence-electron chi connectivity index (χ3n) is 2.75. The molecule has 0 spiro atoms. The number of H-pyrrole nitrogens is 2. The normalized spacial score (nSPS) is 10.8. The van der Waals surface area contributed by atoms with E-state index in [1.165, 1.54) is 6.20 Å². The van der Waals surface area contributed by atoms with E-state index in [0.29, 0.717) is 22.3 Å². The van der Waals surface area contributed by atoms with Crippen LogP contribution in [0.25, 0.3) is 22.3 Å². The molecule has 2 aromatic heterocycles. The maximum atomic E-state index is 12.0. The molecule has 0 saturated heterocycles. The molecule has 2 heterocycles. The lowest BCUT2D eigenvalue weighted by molar-refractivity contribution is 0.415. The summed E-state index contributed by atoms with van der Waals surface area (Å²) < 4.78 is 5.13. The summed E-state index contributed by atoms with van der Waals surface area (Å²) >= 11 is 5.92. The molecule has 0 unspecified atom stereocenters. The third-order valence-corrected chi connectivity index (χ3v) is 3.04. The van der Waals surface area contributed by atoms with E-state index in [2.05, 4.69) is 20.2 Å². The Bertz CT molecular complexity index is 809. The summed E-state index contributed by atoms with van der Waals surface area (Å²) in [7, 11) is 1.57. The van der Waals surface area contributed by atoms with Crippen molar-refractivity contribution in [2.45, 2.75) is 0 Å². The number of hydrogen-bond donors (Lipinski definition) is 2. The average molecular weight is 277 g/mol. The van der Waals surface area contributed by atoms with Crippen molar-refractivity contribution in [1.29, 1.82) is 0 Å². The second kappa shape index (κ2) is 4.40. The molecule has 7 heteroatoms. The second-order valence-electron chi connectivity index (χ2n) is 3.90. The van der Waals surface area contributed by atoms with Crippen molar-refractivity contribution < 1.29 is 4.74 Å². The minimum absolute atomic E-state index is 0.222. The fourth-order valence-corrected chi connectivity index (χ4v) is 1.99. The van der Waals surface area contributed by atoms with Crippen LogP contribution in [0.5, 0.6) is 5.75 Å². The molecule has 0 atom stereocenters. The number of methoxy groups -OCH3 is 1. The largest absolute Gasteiger partial charge is 0.497 e. The van der Waals surface area contributed by atoms with Gasteiger partial charge in [-0.1, -0.05) is 11.6 Å². The molecule has 0 aliphatic heterocycles. The third kappa shape index (κ3) is 1.96. The number of rotatable bonds is 2. The molecule has 2 N–H and O–H groups in total. The van der Waals surface area contributed by atoms with Crippen molar-refractivity contribution in [3.05, 3.63) is 39.9 Å². The highest BCUT2D eigenvalue weighted by Gasteiger charge is 2.12. The number of nitrogens with one attached hydrogen (secondary N) is 2. The summed E-state index contributed by atoms with van der Waals surface area (Å²) in [4.78, 5) is 19.1. The Kier molecular flexibility index (Phi) is 2.72. The Morgan fingerprint density at radius 2 is 2.21 bits per heavy atom. The lowest BCUT2D eigenvalue weighted by Crippen LogP contribution is -2.11. The number of aromatic amines is 2. The van der Waals surface area contributed by atoms with Gasteiger partial charge in [0, 0.05) is 6.07 Å². The number of ether oxygens (including phenoxy) is 1. The molecule has 1 aromatic carbocycles. The molecular formula is C12H9ClN4O2. The van der Waals surface area contributed by atoms with E-state index in [1.54, 1.807) is 25.3 Å². The Hall–Kier alpha value is -2.34. The van der Waals surface area contributed by atoms with Gasteiger partial charge in [0.2, 0.25) is 0 Å². The first-order valence-corrected chi connectivity index (χ1v) is 5.84. The van der Waals surface area contributed by atoms with Crippen molar-refractivity contribution in [3.63, 3.8) is 0 Å². The van der Waals surface area contributed by atoms with E-state index >= 15 is 0 Å². The number of nitrogens with zero attached hydrogens (tertiary/aromatic N) is 2. The predicted octanol–water partition coefficient (Wildman–Crippen LogP) is 1.98. The summed E-state index contributed by atoms with van der Waals surface area (Å²) in [6.45, 7) is 0.